The summed E-state index contributed by atoms with van der Waals surface area (Å²) >= 11 is 0. The molecule has 12 heavy (non-hydrogen) atoms. The summed E-state index contributed by atoms with van der Waals surface area (Å²) < 4.78 is 1.83. The van der Waals surface area contributed by atoms with Gasteiger partial charge in [0.2, 0.25) is 0 Å². The van der Waals surface area contributed by atoms with Crippen LogP contribution in [0.4, 0.5) is 5.82 Å². The van der Waals surface area contributed by atoms with Crippen LogP contribution < -0.4 is 10.9 Å². The van der Waals surface area contributed by atoms with E-state index in [1.165, 1.54) is 0 Å². The zero-order valence-corrected chi connectivity index (χ0v) is 6.65. The summed E-state index contributed by atoms with van der Waals surface area (Å²) in [5.74, 6) is 0.808. The highest BCUT2D eigenvalue weighted by molar-refractivity contribution is 6.30. The van der Waals surface area contributed by atoms with Crippen molar-refractivity contribution >= 4 is 24.9 Å². The fraction of sp³-hybridized carbons (Fsp3) is 0.143. The van der Waals surface area contributed by atoms with E-state index in [4.69, 9.17) is 7.85 Å². The average Bonchev–Trinajstić information content (AvgIpc) is 2.46. The van der Waals surface area contributed by atoms with E-state index in [-0.39, 0.29) is 0 Å². The van der Waals surface area contributed by atoms with Gasteiger partial charge in [-0.05, 0) is 0 Å². The van der Waals surface area contributed by atoms with Crippen molar-refractivity contribution in [3.8, 4) is 0 Å². The van der Waals surface area contributed by atoms with Crippen LogP contribution in [-0.4, -0.2) is 29.3 Å². The molecule has 0 fully saturated rings. The highest BCUT2D eigenvalue weighted by Crippen LogP contribution is 2.05. The minimum Gasteiger partial charge on any atom is -0.372 e. The molecule has 0 saturated carbocycles. The minimum absolute atomic E-state index is 0.488. The van der Waals surface area contributed by atoms with Gasteiger partial charge in [-0.15, -0.1) is 0 Å². The van der Waals surface area contributed by atoms with Gasteiger partial charge in [0.1, 0.15) is 13.7 Å². The Morgan fingerprint density at radius 1 is 1.50 bits per heavy atom. The number of fused-ring (bicyclic) bond motifs is 1. The van der Waals surface area contributed by atoms with Gasteiger partial charge in [0.15, 0.2) is 5.65 Å². The maximum atomic E-state index is 5.49. The van der Waals surface area contributed by atoms with E-state index < -0.39 is 0 Å². The highest BCUT2D eigenvalue weighted by atomic mass is 15.1. The third-order valence-corrected chi connectivity index (χ3v) is 1.62. The van der Waals surface area contributed by atoms with Crippen LogP contribution in [0.15, 0.2) is 18.6 Å². The number of hydrogen-bond donors (Lipinski definition) is 1. The van der Waals surface area contributed by atoms with E-state index in [2.05, 4.69) is 15.3 Å². The Labute approximate surface area is 71.1 Å². The van der Waals surface area contributed by atoms with Gasteiger partial charge in [0.05, 0.1) is 12.4 Å². The summed E-state index contributed by atoms with van der Waals surface area (Å²) in [6, 6.07) is 0. The first kappa shape index (κ1) is 7.15. The largest absolute Gasteiger partial charge is 0.372 e. The van der Waals surface area contributed by atoms with Crippen LogP contribution >= 0.6 is 0 Å². The zero-order valence-electron chi connectivity index (χ0n) is 6.65. The van der Waals surface area contributed by atoms with Crippen molar-refractivity contribution in [1.29, 1.82) is 0 Å². The molecule has 2 aromatic heterocycles. The molecule has 0 amide bonds. The fourth-order valence-electron chi connectivity index (χ4n) is 1.04. The lowest BCUT2D eigenvalue weighted by Crippen LogP contribution is -2.09. The number of nitrogens with zero attached hydrogens (tertiary/aromatic N) is 3. The van der Waals surface area contributed by atoms with Crippen LogP contribution in [0.3, 0.4) is 0 Å². The predicted octanol–water partition coefficient (Wildman–Crippen LogP) is -0.435. The minimum atomic E-state index is 0.488. The molecular formula is C7H7BN4. The Morgan fingerprint density at radius 3 is 3.08 bits per heavy atom. The lowest BCUT2D eigenvalue weighted by atomic mass is 10.1. The maximum absolute atomic E-state index is 5.49. The van der Waals surface area contributed by atoms with Gasteiger partial charge >= 0.3 is 0 Å². The van der Waals surface area contributed by atoms with Gasteiger partial charge < -0.3 is 9.72 Å². The van der Waals surface area contributed by atoms with Gasteiger partial charge in [-0.2, -0.15) is 0 Å². The maximum Gasteiger partial charge on any atom is 0.157 e. The van der Waals surface area contributed by atoms with Crippen molar-refractivity contribution in [3.63, 3.8) is 0 Å². The summed E-state index contributed by atoms with van der Waals surface area (Å²) in [5, 5.41) is 2.94. The van der Waals surface area contributed by atoms with Gasteiger partial charge in [-0.3, -0.25) is 4.98 Å². The molecule has 5 heteroatoms. The van der Waals surface area contributed by atoms with Crippen LogP contribution in [0.1, 0.15) is 0 Å². The molecule has 2 radical (unpaired) electrons. The van der Waals surface area contributed by atoms with E-state index >= 15 is 0 Å². The first-order valence-electron chi connectivity index (χ1n) is 3.57. The molecule has 0 aliphatic carbocycles. The van der Waals surface area contributed by atoms with Crippen molar-refractivity contribution in [2.45, 2.75) is 0 Å². The predicted molar refractivity (Wildman–Crippen MR) is 47.9 cm³/mol. The van der Waals surface area contributed by atoms with Crippen LogP contribution in [0.25, 0.3) is 5.65 Å². The van der Waals surface area contributed by atoms with E-state index in [9.17, 15) is 0 Å². The Bertz CT molecular complexity index is 409. The molecule has 0 saturated heterocycles. The third-order valence-electron chi connectivity index (χ3n) is 1.62. The highest BCUT2D eigenvalue weighted by Gasteiger charge is 1.98. The van der Waals surface area contributed by atoms with E-state index in [0.29, 0.717) is 5.59 Å². The summed E-state index contributed by atoms with van der Waals surface area (Å²) in [5.41, 5.74) is 1.27. The van der Waals surface area contributed by atoms with Crippen LogP contribution in [-0.2, 0) is 0 Å². The van der Waals surface area contributed by atoms with Gasteiger partial charge in [0.25, 0.3) is 0 Å². The normalized spacial score (nSPS) is 10.4. The second-order valence-electron chi connectivity index (χ2n) is 2.45. The van der Waals surface area contributed by atoms with Crippen LogP contribution in [0.2, 0.25) is 0 Å². The fourth-order valence-corrected chi connectivity index (χ4v) is 1.04. The summed E-state index contributed by atoms with van der Waals surface area (Å²) in [6.45, 7) is 0. The molecule has 58 valence electrons. The number of imidazole rings is 1. The molecule has 2 aromatic rings. The standard InChI is InChI=1S/C7H7BN4/c1-9-6-4-12-3-5(8)10-2-7(12)11-6/h2-4,9H,1H3. The van der Waals surface area contributed by atoms with Gasteiger partial charge in [-0.1, -0.05) is 0 Å². The van der Waals surface area contributed by atoms with Crippen molar-refractivity contribution in [2.75, 3.05) is 12.4 Å². The Hall–Kier alpha value is -1.52. The Kier molecular flexibility index (Phi) is 1.50. The van der Waals surface area contributed by atoms with Crippen LogP contribution in [0.5, 0.6) is 0 Å². The zero-order chi connectivity index (χ0) is 8.55. The van der Waals surface area contributed by atoms with E-state index in [0.717, 1.165) is 11.5 Å². The molecule has 0 spiro atoms. The van der Waals surface area contributed by atoms with E-state index in [1.807, 2.05) is 17.6 Å². The number of hydrogen-bond acceptors (Lipinski definition) is 3. The number of nitrogens with one attached hydrogen (secondary N) is 1. The Balaban J connectivity index is 2.67. The molecule has 0 bridgehead atoms. The van der Waals surface area contributed by atoms with Gasteiger partial charge in [-0.25, -0.2) is 4.98 Å². The monoisotopic (exact) mass is 158 g/mol. The van der Waals surface area contributed by atoms with E-state index in [1.54, 1.807) is 12.4 Å². The van der Waals surface area contributed by atoms with Crippen LogP contribution in [0, 0.1) is 0 Å². The molecule has 2 heterocycles. The summed E-state index contributed by atoms with van der Waals surface area (Å²) in [4.78, 5) is 8.13. The second-order valence-corrected chi connectivity index (χ2v) is 2.45. The van der Waals surface area contributed by atoms with Crippen molar-refractivity contribution in [1.82, 2.24) is 14.4 Å². The third kappa shape index (κ3) is 1.03. The topological polar surface area (TPSA) is 42.2 Å². The van der Waals surface area contributed by atoms with Crippen molar-refractivity contribution < 1.29 is 0 Å². The number of aromatic nitrogens is 3. The molecule has 2 rings (SSSR count). The molecule has 4 nitrogen and oxygen atoms in total. The first-order valence-corrected chi connectivity index (χ1v) is 3.57. The smallest absolute Gasteiger partial charge is 0.157 e. The summed E-state index contributed by atoms with van der Waals surface area (Å²) in [6.07, 6.45) is 5.22. The van der Waals surface area contributed by atoms with Crippen molar-refractivity contribution in [3.05, 3.63) is 18.6 Å². The van der Waals surface area contributed by atoms with Gasteiger partial charge in [0, 0.05) is 18.8 Å². The molecule has 0 aliphatic heterocycles. The SMILES string of the molecule is [B]c1cn2cc(NC)nc2cn1. The lowest BCUT2D eigenvalue weighted by Gasteiger charge is -1.92. The molecule has 0 atom stereocenters. The molecule has 0 aromatic carbocycles. The molecule has 1 N–H and O–H groups in total. The summed E-state index contributed by atoms with van der Waals surface area (Å²) in [7, 11) is 7.31. The lowest BCUT2D eigenvalue weighted by molar-refractivity contribution is 1.15. The Morgan fingerprint density at radius 2 is 2.33 bits per heavy atom. The number of rotatable bonds is 1. The second kappa shape index (κ2) is 2.51. The quantitative estimate of drug-likeness (QED) is 0.572. The van der Waals surface area contributed by atoms with Crippen molar-refractivity contribution in [2.24, 2.45) is 0 Å². The average molecular weight is 158 g/mol. The molecular weight excluding hydrogens is 151 g/mol. The number of anilines is 1. The first-order chi connectivity index (χ1) is 5.79. The molecule has 0 unspecified atom stereocenters. The molecule has 0 aliphatic rings.